The topological polar surface area (TPSA) is 49.4 Å². The molecule has 0 unspecified atom stereocenters. The molecule has 1 heterocycles. The summed E-state index contributed by atoms with van der Waals surface area (Å²) in [6.07, 6.45) is 2.39. The number of aldehydes is 1. The molecule has 1 fully saturated rings. The summed E-state index contributed by atoms with van der Waals surface area (Å²) in [7, 11) is 0. The van der Waals surface area contributed by atoms with Gasteiger partial charge in [0.1, 0.15) is 6.29 Å². The predicted molar refractivity (Wildman–Crippen MR) is 44.7 cm³/mol. The van der Waals surface area contributed by atoms with Gasteiger partial charge in [-0.2, -0.15) is 0 Å². The zero-order valence-electron chi connectivity index (χ0n) is 7.08. The molecule has 0 bridgehead atoms. The highest BCUT2D eigenvalue weighted by Gasteiger charge is 2.12. The molecule has 0 atom stereocenters. The Morgan fingerprint density at radius 2 is 2.42 bits per heavy atom. The van der Waals surface area contributed by atoms with Gasteiger partial charge < -0.3 is 10.1 Å². The van der Waals surface area contributed by atoms with Crippen LogP contribution in [-0.4, -0.2) is 43.3 Å². The lowest BCUT2D eigenvalue weighted by Gasteiger charge is -2.16. The average molecular weight is 170 g/mol. The van der Waals surface area contributed by atoms with Crippen molar-refractivity contribution in [2.75, 3.05) is 26.2 Å². The Labute approximate surface area is 71.9 Å². The predicted octanol–water partition coefficient (Wildman–Crippen LogP) is -0.603. The molecule has 1 N–H and O–H groups in total. The average Bonchev–Trinajstić information content (AvgIpc) is 2.26. The number of nitrogens with zero attached hydrogens (tertiary/aromatic N) is 1. The van der Waals surface area contributed by atoms with Gasteiger partial charge in [0.15, 0.2) is 0 Å². The van der Waals surface area contributed by atoms with Crippen molar-refractivity contribution < 1.29 is 9.59 Å². The molecule has 0 aromatic heterocycles. The van der Waals surface area contributed by atoms with Crippen LogP contribution >= 0.6 is 0 Å². The Morgan fingerprint density at radius 1 is 1.58 bits per heavy atom. The minimum absolute atomic E-state index is 0.0680. The normalized spacial score (nSPS) is 19.8. The van der Waals surface area contributed by atoms with Crippen molar-refractivity contribution in [3.8, 4) is 0 Å². The number of hydrogen-bond acceptors (Lipinski definition) is 3. The maximum absolute atomic E-state index is 11.0. The van der Waals surface area contributed by atoms with Crippen molar-refractivity contribution in [3.05, 3.63) is 0 Å². The van der Waals surface area contributed by atoms with Crippen LogP contribution in [-0.2, 0) is 9.59 Å². The summed E-state index contributed by atoms with van der Waals surface area (Å²) in [5.74, 6) is 0.0680. The zero-order chi connectivity index (χ0) is 8.81. The SMILES string of the molecule is O=CCCN1CCCNC(=O)C1. The number of carbonyl (C=O) groups is 2. The van der Waals surface area contributed by atoms with E-state index in [1.165, 1.54) is 0 Å². The fourth-order valence-electron chi connectivity index (χ4n) is 1.29. The number of carbonyl (C=O) groups excluding carboxylic acids is 2. The van der Waals surface area contributed by atoms with Crippen molar-refractivity contribution in [3.63, 3.8) is 0 Å². The van der Waals surface area contributed by atoms with Crippen LogP contribution < -0.4 is 5.32 Å². The summed E-state index contributed by atoms with van der Waals surface area (Å²) in [5.41, 5.74) is 0. The van der Waals surface area contributed by atoms with Crippen molar-refractivity contribution in [2.45, 2.75) is 12.8 Å². The molecule has 0 aromatic carbocycles. The lowest BCUT2D eigenvalue weighted by Crippen LogP contribution is -2.33. The highest BCUT2D eigenvalue weighted by molar-refractivity contribution is 5.78. The van der Waals surface area contributed by atoms with Crippen LogP contribution in [0.5, 0.6) is 0 Å². The summed E-state index contributed by atoms with van der Waals surface area (Å²) in [6.45, 7) is 2.81. The molecule has 1 amide bonds. The van der Waals surface area contributed by atoms with Crippen molar-refractivity contribution in [1.29, 1.82) is 0 Å². The lowest BCUT2D eigenvalue weighted by molar-refractivity contribution is -0.121. The standard InChI is InChI=1S/C8H14N2O2/c11-6-2-5-10-4-1-3-9-8(12)7-10/h6H,1-5,7H2,(H,9,12). The molecule has 1 rings (SSSR count). The van der Waals surface area contributed by atoms with E-state index in [1.807, 2.05) is 4.90 Å². The molecule has 0 aliphatic carbocycles. The van der Waals surface area contributed by atoms with Gasteiger partial charge in [-0.05, 0) is 6.42 Å². The Kier molecular flexibility index (Phi) is 3.73. The Balaban J connectivity index is 2.30. The highest BCUT2D eigenvalue weighted by Crippen LogP contribution is 1.96. The first-order chi connectivity index (χ1) is 5.83. The Bertz CT molecular complexity index is 170. The molecule has 4 heteroatoms. The first-order valence-electron chi connectivity index (χ1n) is 4.25. The van der Waals surface area contributed by atoms with Crippen LogP contribution in [0, 0.1) is 0 Å². The van der Waals surface area contributed by atoms with Crippen molar-refractivity contribution >= 4 is 12.2 Å². The quantitative estimate of drug-likeness (QED) is 0.575. The second-order valence-electron chi connectivity index (χ2n) is 2.93. The number of hydrogen-bond donors (Lipinski definition) is 1. The second kappa shape index (κ2) is 4.87. The fourth-order valence-corrected chi connectivity index (χ4v) is 1.29. The van der Waals surface area contributed by atoms with E-state index in [0.717, 1.165) is 25.8 Å². The molecule has 1 aliphatic heterocycles. The molecular formula is C8H14N2O2. The highest BCUT2D eigenvalue weighted by atomic mass is 16.2. The van der Waals surface area contributed by atoms with Crippen LogP contribution in [0.15, 0.2) is 0 Å². The van der Waals surface area contributed by atoms with Gasteiger partial charge in [-0.3, -0.25) is 9.69 Å². The second-order valence-corrected chi connectivity index (χ2v) is 2.93. The van der Waals surface area contributed by atoms with Gasteiger partial charge in [0.25, 0.3) is 0 Å². The summed E-state index contributed by atoms with van der Waals surface area (Å²) < 4.78 is 0. The van der Waals surface area contributed by atoms with E-state index >= 15 is 0 Å². The summed E-state index contributed by atoms with van der Waals surface area (Å²) >= 11 is 0. The molecule has 0 aromatic rings. The minimum Gasteiger partial charge on any atom is -0.355 e. The van der Waals surface area contributed by atoms with Crippen LogP contribution in [0.4, 0.5) is 0 Å². The van der Waals surface area contributed by atoms with E-state index in [9.17, 15) is 9.59 Å². The number of rotatable bonds is 3. The molecule has 1 saturated heterocycles. The van der Waals surface area contributed by atoms with Crippen LogP contribution in [0.1, 0.15) is 12.8 Å². The fraction of sp³-hybridized carbons (Fsp3) is 0.750. The Hall–Kier alpha value is -0.900. The van der Waals surface area contributed by atoms with E-state index < -0.39 is 0 Å². The molecule has 0 radical (unpaired) electrons. The third-order valence-corrected chi connectivity index (χ3v) is 1.90. The minimum atomic E-state index is 0.0680. The van der Waals surface area contributed by atoms with E-state index in [2.05, 4.69) is 5.32 Å². The zero-order valence-corrected chi connectivity index (χ0v) is 7.08. The van der Waals surface area contributed by atoms with Crippen LogP contribution in [0.25, 0.3) is 0 Å². The largest absolute Gasteiger partial charge is 0.355 e. The third-order valence-electron chi connectivity index (χ3n) is 1.90. The van der Waals surface area contributed by atoms with Gasteiger partial charge in [-0.1, -0.05) is 0 Å². The molecular weight excluding hydrogens is 156 g/mol. The smallest absolute Gasteiger partial charge is 0.234 e. The van der Waals surface area contributed by atoms with E-state index in [4.69, 9.17) is 0 Å². The maximum Gasteiger partial charge on any atom is 0.234 e. The van der Waals surface area contributed by atoms with Crippen LogP contribution in [0.3, 0.4) is 0 Å². The number of amides is 1. The molecule has 12 heavy (non-hydrogen) atoms. The van der Waals surface area contributed by atoms with E-state index in [1.54, 1.807) is 0 Å². The molecule has 0 spiro atoms. The maximum atomic E-state index is 11.0. The van der Waals surface area contributed by atoms with Gasteiger partial charge in [0.05, 0.1) is 6.54 Å². The van der Waals surface area contributed by atoms with E-state index in [0.29, 0.717) is 19.5 Å². The first-order valence-corrected chi connectivity index (χ1v) is 4.25. The molecule has 1 aliphatic rings. The molecule has 0 saturated carbocycles. The van der Waals surface area contributed by atoms with Gasteiger partial charge in [0, 0.05) is 26.1 Å². The van der Waals surface area contributed by atoms with E-state index in [-0.39, 0.29) is 5.91 Å². The Morgan fingerprint density at radius 3 is 3.17 bits per heavy atom. The van der Waals surface area contributed by atoms with Gasteiger partial charge in [-0.15, -0.1) is 0 Å². The van der Waals surface area contributed by atoms with Crippen molar-refractivity contribution in [2.24, 2.45) is 0 Å². The van der Waals surface area contributed by atoms with Crippen molar-refractivity contribution in [1.82, 2.24) is 10.2 Å². The first kappa shape index (κ1) is 9.19. The lowest BCUT2D eigenvalue weighted by atomic mass is 10.3. The molecule has 68 valence electrons. The van der Waals surface area contributed by atoms with Crippen LogP contribution in [0.2, 0.25) is 0 Å². The summed E-state index contributed by atoms with van der Waals surface area (Å²) in [5, 5.41) is 2.78. The van der Waals surface area contributed by atoms with Gasteiger partial charge in [-0.25, -0.2) is 0 Å². The molecule has 4 nitrogen and oxygen atoms in total. The summed E-state index contributed by atoms with van der Waals surface area (Å²) in [6, 6.07) is 0. The van der Waals surface area contributed by atoms with Gasteiger partial charge >= 0.3 is 0 Å². The third kappa shape index (κ3) is 3.00. The number of nitrogens with one attached hydrogen (secondary N) is 1. The summed E-state index contributed by atoms with van der Waals surface area (Å²) in [4.78, 5) is 23.1. The van der Waals surface area contributed by atoms with Gasteiger partial charge in [0.2, 0.25) is 5.91 Å². The monoisotopic (exact) mass is 170 g/mol.